The third-order valence-corrected chi connectivity index (χ3v) is 2.25. The lowest BCUT2D eigenvalue weighted by molar-refractivity contribution is 0.588. The predicted octanol–water partition coefficient (Wildman–Crippen LogP) is 2.44. The number of rotatable bonds is 2. The Balaban J connectivity index is 2.52. The van der Waals surface area contributed by atoms with Crippen LogP contribution >= 0.6 is 0 Å². The molecule has 0 unspecified atom stereocenters. The molecule has 0 fully saturated rings. The van der Waals surface area contributed by atoms with Gasteiger partial charge in [0.2, 0.25) is 5.89 Å². The maximum Gasteiger partial charge on any atom is 0.313 e. The van der Waals surface area contributed by atoms with Crippen molar-refractivity contribution >= 4 is 6.01 Å². The summed E-state index contributed by atoms with van der Waals surface area (Å²) in [5.41, 5.74) is 7.54. The minimum absolute atomic E-state index is 0.101. The van der Waals surface area contributed by atoms with Crippen LogP contribution in [0.1, 0.15) is 25.3 Å². The smallest absolute Gasteiger partial charge is 0.313 e. The standard InChI is InChI=1S/C11H13N3O/c1-7(2)8-5-3-4-6-9(8)10-13-14-11(12)15-10/h3-7H,1-2H3,(H2,12,14). The van der Waals surface area contributed by atoms with Crippen LogP contribution < -0.4 is 5.73 Å². The van der Waals surface area contributed by atoms with Crippen LogP contribution in [0.2, 0.25) is 0 Å². The average molecular weight is 203 g/mol. The molecular formula is C11H13N3O. The quantitative estimate of drug-likeness (QED) is 0.814. The summed E-state index contributed by atoms with van der Waals surface area (Å²) in [6.07, 6.45) is 0. The van der Waals surface area contributed by atoms with Crippen LogP contribution in [0.3, 0.4) is 0 Å². The minimum Gasteiger partial charge on any atom is -0.404 e. The van der Waals surface area contributed by atoms with Crippen molar-refractivity contribution in [2.24, 2.45) is 0 Å². The highest BCUT2D eigenvalue weighted by Gasteiger charge is 2.12. The van der Waals surface area contributed by atoms with E-state index in [2.05, 4.69) is 30.1 Å². The second kappa shape index (κ2) is 3.73. The molecule has 1 aromatic heterocycles. The second-order valence-electron chi connectivity index (χ2n) is 3.69. The van der Waals surface area contributed by atoms with Gasteiger partial charge >= 0.3 is 6.01 Å². The maximum absolute atomic E-state index is 5.40. The van der Waals surface area contributed by atoms with Gasteiger partial charge in [-0.25, -0.2) is 0 Å². The van der Waals surface area contributed by atoms with Crippen LogP contribution in [0, 0.1) is 0 Å². The molecule has 0 bridgehead atoms. The number of nitrogens with zero attached hydrogens (tertiary/aromatic N) is 2. The van der Waals surface area contributed by atoms with E-state index in [1.165, 1.54) is 5.56 Å². The molecule has 0 aliphatic rings. The summed E-state index contributed by atoms with van der Waals surface area (Å²) >= 11 is 0. The van der Waals surface area contributed by atoms with E-state index in [0.717, 1.165) is 5.56 Å². The van der Waals surface area contributed by atoms with E-state index in [4.69, 9.17) is 10.2 Å². The van der Waals surface area contributed by atoms with E-state index in [9.17, 15) is 0 Å². The molecule has 2 N–H and O–H groups in total. The van der Waals surface area contributed by atoms with Crippen molar-refractivity contribution in [1.29, 1.82) is 0 Å². The van der Waals surface area contributed by atoms with E-state index in [0.29, 0.717) is 11.8 Å². The summed E-state index contributed by atoms with van der Waals surface area (Å²) in [5.74, 6) is 0.895. The molecule has 0 aliphatic heterocycles. The van der Waals surface area contributed by atoms with Gasteiger partial charge in [-0.3, -0.25) is 0 Å². The molecule has 0 spiro atoms. The number of hydrogen-bond acceptors (Lipinski definition) is 4. The average Bonchev–Trinajstić information content (AvgIpc) is 2.65. The van der Waals surface area contributed by atoms with Gasteiger partial charge in [0.05, 0.1) is 0 Å². The molecule has 0 aliphatic carbocycles. The normalized spacial score (nSPS) is 10.9. The Morgan fingerprint density at radius 3 is 2.53 bits per heavy atom. The van der Waals surface area contributed by atoms with Crippen molar-refractivity contribution in [3.8, 4) is 11.5 Å². The maximum atomic E-state index is 5.40. The molecule has 2 rings (SSSR count). The van der Waals surface area contributed by atoms with Crippen molar-refractivity contribution in [1.82, 2.24) is 10.2 Å². The molecule has 4 nitrogen and oxygen atoms in total. The molecule has 0 saturated carbocycles. The second-order valence-corrected chi connectivity index (χ2v) is 3.69. The Kier molecular flexibility index (Phi) is 2.41. The first-order valence-electron chi connectivity index (χ1n) is 4.86. The third-order valence-electron chi connectivity index (χ3n) is 2.25. The van der Waals surface area contributed by atoms with Crippen molar-refractivity contribution in [3.05, 3.63) is 29.8 Å². The monoisotopic (exact) mass is 203 g/mol. The van der Waals surface area contributed by atoms with Crippen molar-refractivity contribution in [2.45, 2.75) is 19.8 Å². The number of aromatic nitrogens is 2. The highest BCUT2D eigenvalue weighted by molar-refractivity contribution is 5.59. The fourth-order valence-corrected chi connectivity index (χ4v) is 1.54. The van der Waals surface area contributed by atoms with Crippen molar-refractivity contribution in [2.75, 3.05) is 5.73 Å². The summed E-state index contributed by atoms with van der Waals surface area (Å²) in [6.45, 7) is 4.25. The van der Waals surface area contributed by atoms with Gasteiger partial charge in [0.1, 0.15) is 0 Å². The number of hydrogen-bond donors (Lipinski definition) is 1. The van der Waals surface area contributed by atoms with Gasteiger partial charge in [0, 0.05) is 5.56 Å². The zero-order chi connectivity index (χ0) is 10.8. The van der Waals surface area contributed by atoms with E-state index < -0.39 is 0 Å². The highest BCUT2D eigenvalue weighted by atomic mass is 16.4. The lowest BCUT2D eigenvalue weighted by Crippen LogP contribution is -1.91. The Bertz CT molecular complexity index is 462. The molecular weight excluding hydrogens is 190 g/mol. The van der Waals surface area contributed by atoms with Gasteiger partial charge in [0.25, 0.3) is 0 Å². The molecule has 1 heterocycles. The van der Waals surface area contributed by atoms with Crippen molar-refractivity contribution in [3.63, 3.8) is 0 Å². The first-order chi connectivity index (χ1) is 7.18. The number of nitrogen functional groups attached to an aromatic ring is 1. The number of benzene rings is 1. The third kappa shape index (κ3) is 1.83. The number of nitrogens with two attached hydrogens (primary N) is 1. The predicted molar refractivity (Wildman–Crippen MR) is 58.2 cm³/mol. The van der Waals surface area contributed by atoms with Crippen molar-refractivity contribution < 1.29 is 4.42 Å². The zero-order valence-electron chi connectivity index (χ0n) is 8.77. The molecule has 0 radical (unpaired) electrons. The SMILES string of the molecule is CC(C)c1ccccc1-c1nnc(N)o1. The molecule has 0 atom stereocenters. The van der Waals surface area contributed by atoms with E-state index >= 15 is 0 Å². The van der Waals surface area contributed by atoms with Gasteiger partial charge in [-0.15, -0.1) is 5.10 Å². The summed E-state index contributed by atoms with van der Waals surface area (Å²) < 4.78 is 5.22. The van der Waals surface area contributed by atoms with Crippen LogP contribution in [-0.2, 0) is 0 Å². The van der Waals surface area contributed by atoms with Crippen LogP contribution in [-0.4, -0.2) is 10.2 Å². The Morgan fingerprint density at radius 2 is 1.93 bits per heavy atom. The highest BCUT2D eigenvalue weighted by Crippen LogP contribution is 2.28. The minimum atomic E-state index is 0.101. The summed E-state index contributed by atoms with van der Waals surface area (Å²) in [6, 6.07) is 8.06. The molecule has 15 heavy (non-hydrogen) atoms. The zero-order valence-corrected chi connectivity index (χ0v) is 8.77. The van der Waals surface area contributed by atoms with Gasteiger partial charge < -0.3 is 10.2 Å². The Hall–Kier alpha value is -1.84. The fourth-order valence-electron chi connectivity index (χ4n) is 1.54. The first kappa shape index (κ1) is 9.71. The van der Waals surface area contributed by atoms with Gasteiger partial charge in [-0.2, -0.15) is 0 Å². The van der Waals surface area contributed by atoms with Crippen LogP contribution in [0.4, 0.5) is 6.01 Å². The number of anilines is 1. The largest absolute Gasteiger partial charge is 0.404 e. The molecule has 0 saturated heterocycles. The lowest BCUT2D eigenvalue weighted by atomic mass is 9.97. The van der Waals surface area contributed by atoms with Gasteiger partial charge in [0.15, 0.2) is 0 Å². The van der Waals surface area contributed by atoms with E-state index in [-0.39, 0.29) is 6.01 Å². The lowest BCUT2D eigenvalue weighted by Gasteiger charge is -2.08. The fraction of sp³-hybridized carbons (Fsp3) is 0.273. The summed E-state index contributed by atoms with van der Waals surface area (Å²) in [4.78, 5) is 0. The van der Waals surface area contributed by atoms with Crippen LogP contribution in [0.25, 0.3) is 11.5 Å². The molecule has 4 heteroatoms. The molecule has 2 aromatic rings. The van der Waals surface area contributed by atoms with E-state index in [1.807, 2.05) is 18.2 Å². The molecule has 1 aromatic carbocycles. The Labute approximate surface area is 88.1 Å². The molecule has 0 amide bonds. The van der Waals surface area contributed by atoms with E-state index in [1.54, 1.807) is 0 Å². The first-order valence-corrected chi connectivity index (χ1v) is 4.86. The van der Waals surface area contributed by atoms with Crippen LogP contribution in [0.5, 0.6) is 0 Å². The van der Waals surface area contributed by atoms with Gasteiger partial charge in [-0.05, 0) is 17.5 Å². The van der Waals surface area contributed by atoms with Crippen LogP contribution in [0.15, 0.2) is 28.7 Å². The Morgan fingerprint density at radius 1 is 1.20 bits per heavy atom. The molecule has 78 valence electrons. The van der Waals surface area contributed by atoms with Gasteiger partial charge in [-0.1, -0.05) is 37.1 Å². The topological polar surface area (TPSA) is 64.9 Å². The summed E-state index contributed by atoms with van der Waals surface area (Å²) in [5, 5.41) is 7.54. The summed E-state index contributed by atoms with van der Waals surface area (Å²) in [7, 11) is 0.